The van der Waals surface area contributed by atoms with E-state index >= 15 is 0 Å². The molecule has 104 valence electrons. The Morgan fingerprint density at radius 1 is 1.16 bits per heavy atom. The Bertz CT molecular complexity index is 443. The average molecular weight is 262 g/mol. The molecule has 4 heteroatoms. The fourth-order valence-corrected chi connectivity index (χ4v) is 4.65. The Balaban J connectivity index is 1.77. The SMILES string of the molecule is O=C1C[C@@H](O)CC2=C3CCCN4CCC[C@@H](CN12)[C@@H]34. The maximum atomic E-state index is 12.2. The number of amides is 1. The molecule has 0 spiro atoms. The lowest BCUT2D eigenvalue weighted by atomic mass is 9.75. The monoisotopic (exact) mass is 262 g/mol. The highest BCUT2D eigenvalue weighted by Crippen LogP contribution is 2.43. The molecule has 0 unspecified atom stereocenters. The van der Waals surface area contributed by atoms with E-state index in [1.54, 1.807) is 0 Å². The van der Waals surface area contributed by atoms with Crippen LogP contribution in [0.3, 0.4) is 0 Å². The molecular weight excluding hydrogens is 240 g/mol. The third-order valence-electron chi connectivity index (χ3n) is 5.36. The molecule has 1 N–H and O–H groups in total. The number of hydrogen-bond acceptors (Lipinski definition) is 3. The lowest BCUT2D eigenvalue weighted by molar-refractivity contribution is -0.136. The summed E-state index contributed by atoms with van der Waals surface area (Å²) in [7, 11) is 0. The Morgan fingerprint density at radius 3 is 2.89 bits per heavy atom. The second kappa shape index (κ2) is 4.32. The van der Waals surface area contributed by atoms with Crippen molar-refractivity contribution >= 4 is 5.91 Å². The molecule has 4 nitrogen and oxygen atoms in total. The number of piperidine rings is 3. The first kappa shape index (κ1) is 11.9. The van der Waals surface area contributed by atoms with Gasteiger partial charge in [-0.3, -0.25) is 9.69 Å². The van der Waals surface area contributed by atoms with Crippen LogP contribution in [0.4, 0.5) is 0 Å². The van der Waals surface area contributed by atoms with Crippen molar-refractivity contribution in [3.63, 3.8) is 0 Å². The van der Waals surface area contributed by atoms with Gasteiger partial charge in [-0.05, 0) is 50.3 Å². The van der Waals surface area contributed by atoms with Crippen LogP contribution in [0, 0.1) is 5.92 Å². The summed E-state index contributed by atoms with van der Waals surface area (Å²) >= 11 is 0. The van der Waals surface area contributed by atoms with Gasteiger partial charge in [-0.25, -0.2) is 0 Å². The van der Waals surface area contributed by atoms with E-state index in [0.29, 0.717) is 24.8 Å². The molecule has 19 heavy (non-hydrogen) atoms. The normalized spacial score (nSPS) is 39.1. The molecule has 4 aliphatic heterocycles. The van der Waals surface area contributed by atoms with Crippen LogP contribution in [0.5, 0.6) is 0 Å². The average Bonchev–Trinajstić information content (AvgIpc) is 2.41. The first-order valence-corrected chi connectivity index (χ1v) is 7.68. The van der Waals surface area contributed by atoms with E-state index in [1.807, 2.05) is 4.90 Å². The van der Waals surface area contributed by atoms with Crippen molar-refractivity contribution in [1.82, 2.24) is 9.80 Å². The molecule has 0 bridgehead atoms. The van der Waals surface area contributed by atoms with Crippen molar-refractivity contribution in [1.29, 1.82) is 0 Å². The minimum atomic E-state index is -0.457. The molecule has 0 aromatic heterocycles. The highest BCUT2D eigenvalue weighted by molar-refractivity contribution is 5.80. The molecule has 4 rings (SSSR count). The van der Waals surface area contributed by atoms with E-state index in [-0.39, 0.29) is 5.91 Å². The van der Waals surface area contributed by atoms with Crippen molar-refractivity contribution in [2.24, 2.45) is 5.92 Å². The van der Waals surface area contributed by atoms with Crippen molar-refractivity contribution < 1.29 is 9.90 Å². The topological polar surface area (TPSA) is 43.8 Å². The number of carbonyl (C=O) groups is 1. The van der Waals surface area contributed by atoms with E-state index in [0.717, 1.165) is 13.0 Å². The standard InChI is InChI=1S/C15H22N2O2/c18-11-7-13-12-4-2-6-16-5-1-3-10(15(12)16)9-17(13)14(19)8-11/h10-11,15,18H,1-9H2/t10-,11-,15-/m0/s1. The van der Waals surface area contributed by atoms with Gasteiger partial charge in [0, 0.05) is 24.7 Å². The maximum absolute atomic E-state index is 12.2. The predicted molar refractivity (Wildman–Crippen MR) is 71.3 cm³/mol. The van der Waals surface area contributed by atoms with Gasteiger partial charge in [0.2, 0.25) is 5.91 Å². The second-order valence-corrected chi connectivity index (χ2v) is 6.53. The molecule has 3 fully saturated rings. The number of fused-ring (bicyclic) bond motifs is 1. The minimum absolute atomic E-state index is 0.141. The van der Waals surface area contributed by atoms with Gasteiger partial charge in [0.15, 0.2) is 0 Å². The third-order valence-corrected chi connectivity index (χ3v) is 5.36. The summed E-state index contributed by atoms with van der Waals surface area (Å²) in [6.45, 7) is 3.33. The van der Waals surface area contributed by atoms with E-state index < -0.39 is 6.10 Å². The van der Waals surface area contributed by atoms with Crippen LogP contribution in [-0.4, -0.2) is 52.6 Å². The largest absolute Gasteiger partial charge is 0.392 e. The summed E-state index contributed by atoms with van der Waals surface area (Å²) in [6, 6.07) is 0.576. The van der Waals surface area contributed by atoms with Crippen LogP contribution in [0.2, 0.25) is 0 Å². The van der Waals surface area contributed by atoms with Crippen LogP contribution in [-0.2, 0) is 4.79 Å². The van der Waals surface area contributed by atoms with Gasteiger partial charge in [-0.1, -0.05) is 0 Å². The van der Waals surface area contributed by atoms with E-state index in [9.17, 15) is 9.90 Å². The van der Waals surface area contributed by atoms with E-state index in [1.165, 1.54) is 43.6 Å². The molecule has 4 heterocycles. The summed E-state index contributed by atoms with van der Waals surface area (Å²) in [5.74, 6) is 0.773. The van der Waals surface area contributed by atoms with Gasteiger partial charge in [0.25, 0.3) is 0 Å². The molecule has 4 aliphatic rings. The number of aliphatic hydroxyl groups is 1. The molecule has 0 aromatic rings. The van der Waals surface area contributed by atoms with E-state index in [4.69, 9.17) is 0 Å². The molecule has 3 saturated heterocycles. The summed E-state index contributed by atoms with van der Waals surface area (Å²) < 4.78 is 0. The number of rotatable bonds is 0. The van der Waals surface area contributed by atoms with Crippen LogP contribution >= 0.6 is 0 Å². The molecule has 0 saturated carbocycles. The van der Waals surface area contributed by atoms with Gasteiger partial charge >= 0.3 is 0 Å². The zero-order valence-corrected chi connectivity index (χ0v) is 11.3. The van der Waals surface area contributed by atoms with Crippen molar-refractivity contribution in [2.45, 2.75) is 50.7 Å². The van der Waals surface area contributed by atoms with Crippen molar-refractivity contribution in [2.75, 3.05) is 19.6 Å². The fraction of sp³-hybridized carbons (Fsp3) is 0.800. The Labute approximate surface area is 114 Å². The summed E-state index contributed by atoms with van der Waals surface area (Å²) in [4.78, 5) is 16.8. The van der Waals surface area contributed by atoms with Crippen molar-refractivity contribution in [3.05, 3.63) is 11.3 Å². The van der Waals surface area contributed by atoms with Crippen molar-refractivity contribution in [3.8, 4) is 0 Å². The highest BCUT2D eigenvalue weighted by Gasteiger charge is 2.45. The quantitative estimate of drug-likeness (QED) is 0.711. The molecule has 0 aliphatic carbocycles. The van der Waals surface area contributed by atoms with Gasteiger partial charge in [-0.2, -0.15) is 0 Å². The van der Waals surface area contributed by atoms with Gasteiger partial charge in [-0.15, -0.1) is 0 Å². The summed E-state index contributed by atoms with van der Waals surface area (Å²) in [5, 5.41) is 9.92. The number of aliphatic hydroxyl groups excluding tert-OH is 1. The number of carbonyl (C=O) groups excluding carboxylic acids is 1. The zero-order valence-electron chi connectivity index (χ0n) is 11.3. The van der Waals surface area contributed by atoms with Crippen LogP contribution < -0.4 is 0 Å². The van der Waals surface area contributed by atoms with Crippen LogP contribution in [0.1, 0.15) is 38.5 Å². The second-order valence-electron chi connectivity index (χ2n) is 6.53. The third kappa shape index (κ3) is 1.77. The molecular formula is C15H22N2O2. The molecule has 1 amide bonds. The Morgan fingerprint density at radius 2 is 2.00 bits per heavy atom. The molecule has 0 aromatic carbocycles. The number of nitrogens with zero attached hydrogens (tertiary/aromatic N) is 2. The first-order valence-electron chi connectivity index (χ1n) is 7.68. The number of hydrogen-bond donors (Lipinski definition) is 1. The van der Waals surface area contributed by atoms with Gasteiger partial charge < -0.3 is 10.0 Å². The maximum Gasteiger partial charge on any atom is 0.229 e. The lowest BCUT2D eigenvalue weighted by Gasteiger charge is -2.53. The molecule has 0 radical (unpaired) electrons. The van der Waals surface area contributed by atoms with Crippen LogP contribution in [0.15, 0.2) is 11.3 Å². The Hall–Kier alpha value is -0.870. The highest BCUT2D eigenvalue weighted by atomic mass is 16.3. The van der Waals surface area contributed by atoms with Gasteiger partial charge in [0.05, 0.1) is 12.5 Å². The van der Waals surface area contributed by atoms with Crippen LogP contribution in [0.25, 0.3) is 0 Å². The first-order chi connectivity index (χ1) is 9.24. The fourth-order valence-electron chi connectivity index (χ4n) is 4.65. The lowest BCUT2D eigenvalue weighted by Crippen LogP contribution is -2.58. The predicted octanol–water partition coefficient (Wildman–Crippen LogP) is 1.11. The van der Waals surface area contributed by atoms with E-state index in [2.05, 4.69) is 4.90 Å². The van der Waals surface area contributed by atoms with Gasteiger partial charge in [0.1, 0.15) is 0 Å². The smallest absolute Gasteiger partial charge is 0.229 e. The zero-order chi connectivity index (χ0) is 13.0. The summed E-state index contributed by atoms with van der Waals surface area (Å²) in [6.07, 6.45) is 5.42. The summed E-state index contributed by atoms with van der Waals surface area (Å²) in [5.41, 5.74) is 2.66. The minimum Gasteiger partial charge on any atom is -0.392 e. The Kier molecular flexibility index (Phi) is 2.71. The molecule has 3 atom stereocenters.